The van der Waals surface area contributed by atoms with Gasteiger partial charge in [0.25, 0.3) is 0 Å². The van der Waals surface area contributed by atoms with Crippen molar-refractivity contribution in [1.82, 2.24) is 4.98 Å². The Morgan fingerprint density at radius 2 is 2.24 bits per heavy atom. The molecule has 0 saturated carbocycles. The van der Waals surface area contributed by atoms with Gasteiger partial charge >= 0.3 is 0 Å². The van der Waals surface area contributed by atoms with Gasteiger partial charge in [0.15, 0.2) is 0 Å². The van der Waals surface area contributed by atoms with Crippen LogP contribution < -0.4 is 5.32 Å². The van der Waals surface area contributed by atoms with E-state index in [1.165, 1.54) is 18.0 Å². The van der Waals surface area contributed by atoms with Gasteiger partial charge in [0, 0.05) is 22.5 Å². The third-order valence-corrected chi connectivity index (χ3v) is 3.99. The summed E-state index contributed by atoms with van der Waals surface area (Å²) >= 11 is 7.41. The van der Waals surface area contributed by atoms with Gasteiger partial charge in [-0.05, 0) is 23.8 Å². The van der Waals surface area contributed by atoms with Gasteiger partial charge in [-0.15, -0.1) is 11.8 Å². The summed E-state index contributed by atoms with van der Waals surface area (Å²) in [5.74, 6) is 0.921. The number of anilines is 1. The van der Waals surface area contributed by atoms with E-state index in [9.17, 15) is 9.90 Å². The molecule has 6 heteroatoms. The average Bonchev–Trinajstić information content (AvgIpc) is 2.48. The third-order valence-electron chi connectivity index (χ3n) is 2.75. The predicted molar refractivity (Wildman–Crippen MR) is 86.4 cm³/mol. The molecule has 2 aromatic rings. The lowest BCUT2D eigenvalue weighted by atomic mass is 10.2. The highest BCUT2D eigenvalue weighted by molar-refractivity contribution is 7.99. The lowest BCUT2D eigenvalue weighted by molar-refractivity contribution is -0.113. The number of halogens is 1. The van der Waals surface area contributed by atoms with Gasteiger partial charge in [0.05, 0.1) is 24.2 Å². The van der Waals surface area contributed by atoms with E-state index in [1.807, 2.05) is 24.3 Å². The summed E-state index contributed by atoms with van der Waals surface area (Å²) in [6, 6.07) is 9.25. The van der Waals surface area contributed by atoms with Gasteiger partial charge in [-0.2, -0.15) is 0 Å². The first-order valence-corrected chi connectivity index (χ1v) is 7.88. The Bertz CT molecular complexity index is 622. The number of aromatic nitrogens is 1. The van der Waals surface area contributed by atoms with Crippen LogP contribution in [0.2, 0.25) is 5.02 Å². The first kappa shape index (κ1) is 15.8. The van der Waals surface area contributed by atoms with Crippen molar-refractivity contribution in [3.8, 4) is 0 Å². The molecule has 2 rings (SSSR count). The number of nitrogens with one attached hydrogen (secondary N) is 1. The van der Waals surface area contributed by atoms with E-state index in [0.29, 0.717) is 27.8 Å². The molecule has 21 heavy (non-hydrogen) atoms. The molecule has 2 N–H and O–H groups in total. The number of benzene rings is 1. The zero-order valence-corrected chi connectivity index (χ0v) is 12.8. The van der Waals surface area contributed by atoms with Crippen LogP contribution in [0.15, 0.2) is 42.7 Å². The quantitative estimate of drug-likeness (QED) is 0.858. The Morgan fingerprint density at radius 3 is 3.00 bits per heavy atom. The molecule has 110 valence electrons. The van der Waals surface area contributed by atoms with Gasteiger partial charge in [-0.3, -0.25) is 9.78 Å². The van der Waals surface area contributed by atoms with E-state index in [2.05, 4.69) is 10.3 Å². The number of carbonyl (C=O) groups excluding carboxylic acids is 1. The van der Waals surface area contributed by atoms with E-state index >= 15 is 0 Å². The summed E-state index contributed by atoms with van der Waals surface area (Å²) < 4.78 is 0. The molecule has 1 heterocycles. The molecule has 4 nitrogen and oxygen atoms in total. The van der Waals surface area contributed by atoms with Crippen LogP contribution in [-0.2, 0) is 17.2 Å². The molecule has 0 bridgehead atoms. The van der Waals surface area contributed by atoms with Gasteiger partial charge in [0.2, 0.25) is 5.91 Å². The summed E-state index contributed by atoms with van der Waals surface area (Å²) in [7, 11) is 0. The zero-order chi connectivity index (χ0) is 15.1. The molecule has 0 aliphatic heterocycles. The van der Waals surface area contributed by atoms with E-state index < -0.39 is 0 Å². The van der Waals surface area contributed by atoms with Gasteiger partial charge < -0.3 is 10.4 Å². The maximum absolute atomic E-state index is 11.9. The Hall–Kier alpha value is -1.56. The molecule has 0 radical (unpaired) electrons. The normalized spacial score (nSPS) is 10.4. The van der Waals surface area contributed by atoms with Crippen LogP contribution >= 0.6 is 23.4 Å². The lowest BCUT2D eigenvalue weighted by Crippen LogP contribution is -2.15. The molecule has 0 aliphatic carbocycles. The fraction of sp³-hybridized carbons (Fsp3) is 0.200. The van der Waals surface area contributed by atoms with E-state index in [4.69, 9.17) is 11.6 Å². The number of hydrogen-bond donors (Lipinski definition) is 2. The number of aliphatic hydroxyl groups is 1. The third kappa shape index (κ3) is 5.04. The molecule has 1 amide bonds. The zero-order valence-electron chi connectivity index (χ0n) is 11.3. The van der Waals surface area contributed by atoms with Crippen molar-refractivity contribution in [1.29, 1.82) is 0 Å². The Morgan fingerprint density at radius 1 is 1.38 bits per heavy atom. The largest absolute Gasteiger partial charge is 0.392 e. The number of pyridine rings is 1. The fourth-order valence-electron chi connectivity index (χ4n) is 1.75. The topological polar surface area (TPSA) is 62.2 Å². The second-order valence-electron chi connectivity index (χ2n) is 4.36. The maximum Gasteiger partial charge on any atom is 0.234 e. The SMILES string of the molecule is O=C(CSCc1cccc(Cl)c1)Nc1cnccc1CO. The fourth-order valence-corrected chi connectivity index (χ4v) is 2.74. The maximum atomic E-state index is 11.9. The van der Waals surface area contributed by atoms with Crippen molar-refractivity contribution < 1.29 is 9.90 Å². The van der Waals surface area contributed by atoms with Crippen molar-refractivity contribution in [2.24, 2.45) is 0 Å². The van der Waals surface area contributed by atoms with Gasteiger partial charge in [-0.1, -0.05) is 23.7 Å². The van der Waals surface area contributed by atoms with Gasteiger partial charge in [0.1, 0.15) is 0 Å². The molecule has 1 aromatic heterocycles. The highest BCUT2D eigenvalue weighted by Crippen LogP contribution is 2.18. The minimum atomic E-state index is -0.131. The number of carbonyl (C=O) groups is 1. The smallest absolute Gasteiger partial charge is 0.234 e. The Kier molecular flexibility index (Phi) is 6.04. The predicted octanol–water partition coefficient (Wildman–Crippen LogP) is 3.10. The number of nitrogens with zero attached hydrogens (tertiary/aromatic N) is 1. The average molecular weight is 323 g/mol. The number of hydrogen-bond acceptors (Lipinski definition) is 4. The molecular weight excluding hydrogens is 308 g/mol. The standard InChI is InChI=1S/C15H15ClN2O2S/c16-13-3-1-2-11(6-13)9-21-10-15(20)18-14-7-17-5-4-12(14)8-19/h1-7,19H,8-10H2,(H,18,20). The summed E-state index contributed by atoms with van der Waals surface area (Å²) in [4.78, 5) is 15.8. The minimum absolute atomic E-state index is 0.121. The molecule has 1 aromatic carbocycles. The highest BCUT2D eigenvalue weighted by Gasteiger charge is 2.07. The van der Waals surface area contributed by atoms with Crippen LogP contribution in [0.3, 0.4) is 0 Å². The Balaban J connectivity index is 1.82. The van der Waals surface area contributed by atoms with Crippen LogP contribution in [-0.4, -0.2) is 21.8 Å². The Labute approximate surface area is 132 Å². The molecule has 0 saturated heterocycles. The van der Waals surface area contributed by atoms with Crippen molar-refractivity contribution in [3.05, 3.63) is 58.9 Å². The molecular formula is C15H15ClN2O2S. The number of aliphatic hydroxyl groups excluding tert-OH is 1. The minimum Gasteiger partial charge on any atom is -0.392 e. The van der Waals surface area contributed by atoms with Crippen molar-refractivity contribution in [2.45, 2.75) is 12.4 Å². The van der Waals surface area contributed by atoms with Crippen molar-refractivity contribution in [3.63, 3.8) is 0 Å². The summed E-state index contributed by atoms with van der Waals surface area (Å²) in [6.45, 7) is -0.131. The highest BCUT2D eigenvalue weighted by atomic mass is 35.5. The summed E-state index contributed by atoms with van der Waals surface area (Å²) in [5.41, 5.74) is 2.28. The second kappa shape index (κ2) is 8.02. The lowest BCUT2D eigenvalue weighted by Gasteiger charge is -2.08. The van der Waals surface area contributed by atoms with Crippen molar-refractivity contribution >= 4 is 35.0 Å². The molecule has 0 unspecified atom stereocenters. The number of thioether (sulfide) groups is 1. The molecule has 0 fully saturated rings. The van der Waals surface area contributed by atoms with E-state index in [-0.39, 0.29) is 12.5 Å². The van der Waals surface area contributed by atoms with Crippen LogP contribution in [0, 0.1) is 0 Å². The van der Waals surface area contributed by atoms with Crippen molar-refractivity contribution in [2.75, 3.05) is 11.1 Å². The first-order valence-electron chi connectivity index (χ1n) is 6.35. The second-order valence-corrected chi connectivity index (χ2v) is 5.78. The first-order chi connectivity index (χ1) is 10.2. The van der Waals surface area contributed by atoms with E-state index in [1.54, 1.807) is 12.3 Å². The monoisotopic (exact) mass is 322 g/mol. The van der Waals surface area contributed by atoms with E-state index in [0.717, 1.165) is 5.56 Å². The van der Waals surface area contributed by atoms with Crippen LogP contribution in [0.5, 0.6) is 0 Å². The number of amides is 1. The van der Waals surface area contributed by atoms with Crippen LogP contribution in [0.25, 0.3) is 0 Å². The van der Waals surface area contributed by atoms with Crippen LogP contribution in [0.4, 0.5) is 5.69 Å². The number of rotatable bonds is 6. The molecule has 0 atom stereocenters. The summed E-state index contributed by atoms with van der Waals surface area (Å²) in [5, 5.41) is 12.6. The summed E-state index contributed by atoms with van der Waals surface area (Å²) in [6.07, 6.45) is 3.11. The van der Waals surface area contributed by atoms with Gasteiger partial charge in [-0.25, -0.2) is 0 Å². The van der Waals surface area contributed by atoms with Crippen LogP contribution in [0.1, 0.15) is 11.1 Å². The molecule has 0 spiro atoms. The molecule has 0 aliphatic rings.